The molecule has 0 aliphatic carbocycles. The highest BCUT2D eigenvalue weighted by Crippen LogP contribution is 2.19. The second-order valence-electron chi connectivity index (χ2n) is 3.28. The third kappa shape index (κ3) is 0.907. The summed E-state index contributed by atoms with van der Waals surface area (Å²) in [6.07, 6.45) is 3.55. The van der Waals surface area contributed by atoms with E-state index >= 15 is 0 Å². The van der Waals surface area contributed by atoms with E-state index in [1.54, 1.807) is 12.4 Å². The SMILES string of the molecule is Cc1cnc2c(ccc3[nH]ncc32)n1. The van der Waals surface area contributed by atoms with Gasteiger partial charge in [-0.2, -0.15) is 5.10 Å². The predicted molar refractivity (Wildman–Crippen MR) is 53.9 cm³/mol. The minimum Gasteiger partial charge on any atom is -0.278 e. The Morgan fingerprint density at radius 2 is 2.14 bits per heavy atom. The summed E-state index contributed by atoms with van der Waals surface area (Å²) in [5, 5.41) is 7.91. The summed E-state index contributed by atoms with van der Waals surface area (Å²) in [5.41, 5.74) is 3.75. The fourth-order valence-electron chi connectivity index (χ4n) is 1.59. The van der Waals surface area contributed by atoms with Crippen LogP contribution in [0.4, 0.5) is 0 Å². The van der Waals surface area contributed by atoms with Crippen molar-refractivity contribution < 1.29 is 0 Å². The van der Waals surface area contributed by atoms with Crippen LogP contribution >= 0.6 is 0 Å². The highest BCUT2D eigenvalue weighted by atomic mass is 15.1. The molecule has 14 heavy (non-hydrogen) atoms. The molecule has 0 radical (unpaired) electrons. The average molecular weight is 184 g/mol. The number of fused-ring (bicyclic) bond motifs is 3. The van der Waals surface area contributed by atoms with Crippen molar-refractivity contribution in [2.45, 2.75) is 6.92 Å². The van der Waals surface area contributed by atoms with E-state index < -0.39 is 0 Å². The zero-order valence-electron chi connectivity index (χ0n) is 7.65. The summed E-state index contributed by atoms with van der Waals surface area (Å²) >= 11 is 0. The van der Waals surface area contributed by atoms with Crippen molar-refractivity contribution in [3.05, 3.63) is 30.2 Å². The molecule has 0 bridgehead atoms. The number of aromatic amines is 1. The molecule has 1 aromatic carbocycles. The number of benzene rings is 1. The van der Waals surface area contributed by atoms with E-state index in [0.717, 1.165) is 27.6 Å². The summed E-state index contributed by atoms with van der Waals surface area (Å²) in [6.45, 7) is 1.94. The standard InChI is InChI=1S/C10H8N4/c1-6-4-11-10-7-5-12-14-8(7)2-3-9(10)13-6/h2-5H,1H3,(H,12,14). The number of H-pyrrole nitrogens is 1. The van der Waals surface area contributed by atoms with Gasteiger partial charge in [-0.3, -0.25) is 10.1 Å². The van der Waals surface area contributed by atoms with Crippen LogP contribution in [0.1, 0.15) is 5.69 Å². The molecule has 0 aliphatic heterocycles. The van der Waals surface area contributed by atoms with E-state index in [9.17, 15) is 0 Å². The van der Waals surface area contributed by atoms with E-state index in [1.165, 1.54) is 0 Å². The van der Waals surface area contributed by atoms with Crippen LogP contribution in [0.5, 0.6) is 0 Å². The van der Waals surface area contributed by atoms with E-state index in [2.05, 4.69) is 20.2 Å². The van der Waals surface area contributed by atoms with Gasteiger partial charge in [0.2, 0.25) is 0 Å². The second kappa shape index (κ2) is 2.51. The number of aryl methyl sites for hydroxylation is 1. The van der Waals surface area contributed by atoms with Gasteiger partial charge in [0, 0.05) is 11.6 Å². The Balaban J connectivity index is 2.57. The lowest BCUT2D eigenvalue weighted by atomic mass is 10.2. The maximum absolute atomic E-state index is 4.40. The Kier molecular flexibility index (Phi) is 1.33. The molecule has 1 N–H and O–H groups in total. The van der Waals surface area contributed by atoms with Crippen LogP contribution in [0.25, 0.3) is 21.9 Å². The summed E-state index contributed by atoms with van der Waals surface area (Å²) < 4.78 is 0. The first kappa shape index (κ1) is 7.44. The Morgan fingerprint density at radius 3 is 3.07 bits per heavy atom. The van der Waals surface area contributed by atoms with Crippen molar-refractivity contribution in [2.24, 2.45) is 0 Å². The van der Waals surface area contributed by atoms with Gasteiger partial charge < -0.3 is 0 Å². The fourth-order valence-corrected chi connectivity index (χ4v) is 1.59. The van der Waals surface area contributed by atoms with Crippen molar-refractivity contribution in [3.8, 4) is 0 Å². The Morgan fingerprint density at radius 1 is 1.21 bits per heavy atom. The average Bonchev–Trinajstić information content (AvgIpc) is 2.65. The molecular weight excluding hydrogens is 176 g/mol. The van der Waals surface area contributed by atoms with Gasteiger partial charge in [0.05, 0.1) is 28.4 Å². The summed E-state index contributed by atoms with van der Waals surface area (Å²) in [5.74, 6) is 0. The number of nitrogens with zero attached hydrogens (tertiary/aromatic N) is 3. The molecule has 0 spiro atoms. The van der Waals surface area contributed by atoms with Gasteiger partial charge in [-0.1, -0.05) is 0 Å². The molecule has 2 aromatic heterocycles. The zero-order valence-corrected chi connectivity index (χ0v) is 7.65. The zero-order chi connectivity index (χ0) is 9.54. The molecule has 4 nitrogen and oxygen atoms in total. The Hall–Kier alpha value is -1.97. The van der Waals surface area contributed by atoms with Crippen LogP contribution in [0.15, 0.2) is 24.5 Å². The molecule has 68 valence electrons. The van der Waals surface area contributed by atoms with Crippen LogP contribution in [-0.4, -0.2) is 20.2 Å². The number of aromatic nitrogens is 4. The van der Waals surface area contributed by atoms with Gasteiger partial charge in [0.15, 0.2) is 0 Å². The van der Waals surface area contributed by atoms with E-state index in [4.69, 9.17) is 0 Å². The topological polar surface area (TPSA) is 54.5 Å². The van der Waals surface area contributed by atoms with Gasteiger partial charge in [-0.25, -0.2) is 4.98 Å². The molecule has 3 rings (SSSR count). The van der Waals surface area contributed by atoms with Gasteiger partial charge in [-0.05, 0) is 19.1 Å². The number of nitrogens with one attached hydrogen (secondary N) is 1. The third-order valence-electron chi connectivity index (χ3n) is 2.25. The molecular formula is C10H8N4. The van der Waals surface area contributed by atoms with Crippen molar-refractivity contribution in [1.29, 1.82) is 0 Å². The molecule has 0 unspecified atom stereocenters. The van der Waals surface area contributed by atoms with Crippen molar-refractivity contribution in [1.82, 2.24) is 20.2 Å². The van der Waals surface area contributed by atoms with Crippen molar-refractivity contribution >= 4 is 21.9 Å². The monoisotopic (exact) mass is 184 g/mol. The van der Waals surface area contributed by atoms with E-state index in [1.807, 2.05) is 19.1 Å². The van der Waals surface area contributed by atoms with Crippen LogP contribution in [-0.2, 0) is 0 Å². The Bertz CT molecular complexity index is 612. The quantitative estimate of drug-likeness (QED) is 0.579. The van der Waals surface area contributed by atoms with Crippen LogP contribution in [0, 0.1) is 6.92 Å². The molecule has 2 heterocycles. The van der Waals surface area contributed by atoms with Gasteiger partial charge >= 0.3 is 0 Å². The molecule has 0 saturated carbocycles. The number of hydrogen-bond acceptors (Lipinski definition) is 3. The molecule has 0 fully saturated rings. The van der Waals surface area contributed by atoms with Crippen LogP contribution < -0.4 is 0 Å². The van der Waals surface area contributed by atoms with Gasteiger partial charge in [0.25, 0.3) is 0 Å². The van der Waals surface area contributed by atoms with Crippen LogP contribution in [0.2, 0.25) is 0 Å². The molecule has 0 amide bonds. The predicted octanol–water partition coefficient (Wildman–Crippen LogP) is 1.81. The third-order valence-corrected chi connectivity index (χ3v) is 2.25. The van der Waals surface area contributed by atoms with E-state index in [0.29, 0.717) is 0 Å². The molecule has 0 aliphatic rings. The molecule has 0 atom stereocenters. The fraction of sp³-hybridized carbons (Fsp3) is 0.100. The lowest BCUT2D eigenvalue weighted by Gasteiger charge is -1.98. The first-order valence-electron chi connectivity index (χ1n) is 4.40. The van der Waals surface area contributed by atoms with Crippen molar-refractivity contribution in [2.75, 3.05) is 0 Å². The normalized spacial score (nSPS) is 11.2. The number of rotatable bonds is 0. The minimum absolute atomic E-state index is 0.904. The van der Waals surface area contributed by atoms with Gasteiger partial charge in [0.1, 0.15) is 0 Å². The number of hydrogen-bond donors (Lipinski definition) is 1. The summed E-state index contributed by atoms with van der Waals surface area (Å²) in [4.78, 5) is 8.76. The molecule has 4 heteroatoms. The maximum atomic E-state index is 4.40. The van der Waals surface area contributed by atoms with Gasteiger partial charge in [-0.15, -0.1) is 0 Å². The first-order valence-corrected chi connectivity index (χ1v) is 4.40. The minimum atomic E-state index is 0.904. The summed E-state index contributed by atoms with van der Waals surface area (Å²) in [7, 11) is 0. The second-order valence-corrected chi connectivity index (χ2v) is 3.28. The van der Waals surface area contributed by atoms with E-state index in [-0.39, 0.29) is 0 Å². The summed E-state index contributed by atoms with van der Waals surface area (Å²) in [6, 6.07) is 3.93. The molecule has 0 saturated heterocycles. The first-order chi connectivity index (χ1) is 6.84. The molecule has 3 aromatic rings. The Labute approximate surface area is 80.0 Å². The van der Waals surface area contributed by atoms with Crippen LogP contribution in [0.3, 0.4) is 0 Å². The lowest BCUT2D eigenvalue weighted by Crippen LogP contribution is -1.86. The maximum Gasteiger partial charge on any atom is 0.0996 e. The largest absolute Gasteiger partial charge is 0.278 e. The smallest absolute Gasteiger partial charge is 0.0996 e. The highest BCUT2D eigenvalue weighted by molar-refractivity contribution is 6.01. The lowest BCUT2D eigenvalue weighted by molar-refractivity contribution is 1.12. The highest BCUT2D eigenvalue weighted by Gasteiger charge is 2.03. The van der Waals surface area contributed by atoms with Crippen molar-refractivity contribution in [3.63, 3.8) is 0 Å².